The topological polar surface area (TPSA) is 382 Å². The predicted octanol–water partition coefficient (Wildman–Crippen LogP) is 0.370. The van der Waals surface area contributed by atoms with E-state index in [1.165, 1.54) is 51.4 Å². The van der Waals surface area contributed by atoms with Gasteiger partial charge in [-0.05, 0) is 32.6 Å². The molecule has 14 heteroatoms. The highest BCUT2D eigenvalue weighted by molar-refractivity contribution is 4.61. The Morgan fingerprint density at radius 1 is 0.395 bits per heavy atom. The van der Waals surface area contributed by atoms with Crippen molar-refractivity contribution >= 4 is 0 Å². The molecule has 0 aromatic rings. The fraction of sp³-hybridized carbons (Fsp3) is 1.00. The molecule has 0 aromatic heterocycles. The summed E-state index contributed by atoms with van der Waals surface area (Å²) in [7, 11) is 0. The molecule has 0 heterocycles. The van der Waals surface area contributed by atoms with Gasteiger partial charge in [0.25, 0.3) is 0 Å². The molecule has 0 amide bonds. The van der Waals surface area contributed by atoms with Crippen molar-refractivity contribution in [3.05, 3.63) is 0 Å². The van der Waals surface area contributed by atoms with E-state index in [-0.39, 0.29) is 42.5 Å². The predicted molar refractivity (Wildman–Crippen MR) is 197 cm³/mol. The first-order valence-electron chi connectivity index (χ1n) is 16.1. The number of hydrogen-bond donors (Lipinski definition) is 14. The summed E-state index contributed by atoms with van der Waals surface area (Å²) in [4.78, 5) is 0. The Hall–Kier alpha value is -0.560. The maximum Gasteiger partial charge on any atom is 0.0163 e. The smallest absolute Gasteiger partial charge is 0.0163 e. The van der Waals surface area contributed by atoms with Gasteiger partial charge in [-0.25, -0.2) is 0 Å². The van der Waals surface area contributed by atoms with Crippen LogP contribution in [0.1, 0.15) is 112 Å². The molecule has 30 N–H and O–H groups in total. The van der Waals surface area contributed by atoms with Gasteiger partial charge in [0.05, 0.1) is 0 Å². The Labute approximate surface area is 268 Å². The average Bonchev–Trinajstić information content (AvgIpc) is 3.01. The summed E-state index contributed by atoms with van der Waals surface area (Å²) in [6, 6.07) is 1.05. The summed E-state index contributed by atoms with van der Waals surface area (Å²) in [6.07, 6.45) is 14.5. The van der Waals surface area contributed by atoms with Crippen LogP contribution in [0, 0.1) is 0 Å². The minimum Gasteiger partial charge on any atom is -0.344 e. The third-order valence-corrected chi connectivity index (χ3v) is 5.66. The SMILES string of the molecule is CC(N)CN.CCC(N)CN.CCC(N)CN.CCCCCCC(N)CN.CCCCCCC(N)CN.N.N.NCCN. The van der Waals surface area contributed by atoms with Gasteiger partial charge in [-0.1, -0.05) is 79.1 Å². The van der Waals surface area contributed by atoms with Crippen molar-refractivity contribution in [1.82, 2.24) is 12.3 Å². The minimum atomic E-state index is 0. The number of nitrogens with two attached hydrogens (primary N) is 12. The zero-order valence-corrected chi connectivity index (χ0v) is 29.7. The lowest BCUT2D eigenvalue weighted by molar-refractivity contribution is 0.554. The summed E-state index contributed by atoms with van der Waals surface area (Å²) < 4.78 is 0. The largest absolute Gasteiger partial charge is 0.344 e. The third-order valence-electron chi connectivity index (χ3n) is 5.66. The van der Waals surface area contributed by atoms with Crippen molar-refractivity contribution in [2.24, 2.45) is 68.8 Å². The van der Waals surface area contributed by atoms with E-state index in [4.69, 9.17) is 68.8 Å². The highest BCUT2D eigenvalue weighted by Gasteiger charge is 1.98. The average molecular weight is 633 g/mol. The van der Waals surface area contributed by atoms with Gasteiger partial charge in [0.15, 0.2) is 0 Å². The van der Waals surface area contributed by atoms with Crippen molar-refractivity contribution in [2.45, 2.75) is 142 Å². The van der Waals surface area contributed by atoms with Gasteiger partial charge < -0.3 is 81.1 Å². The second kappa shape index (κ2) is 60.6. The molecule has 5 unspecified atom stereocenters. The normalized spacial score (nSPS) is 12.8. The van der Waals surface area contributed by atoms with Crippen LogP contribution in [0.5, 0.6) is 0 Å². The van der Waals surface area contributed by atoms with Crippen LogP contribution in [0.4, 0.5) is 0 Å². The third kappa shape index (κ3) is 92.2. The molecule has 14 nitrogen and oxygen atoms in total. The van der Waals surface area contributed by atoms with Crippen LogP contribution in [0.3, 0.4) is 0 Å². The van der Waals surface area contributed by atoms with Gasteiger partial charge in [0.2, 0.25) is 0 Å². The van der Waals surface area contributed by atoms with Crippen molar-refractivity contribution in [3.63, 3.8) is 0 Å². The first kappa shape index (κ1) is 61.4. The van der Waals surface area contributed by atoms with Gasteiger partial charge in [0, 0.05) is 76.0 Å². The second-order valence-corrected chi connectivity index (χ2v) is 10.3. The van der Waals surface area contributed by atoms with E-state index in [1.807, 2.05) is 20.8 Å². The Morgan fingerprint density at radius 2 is 0.651 bits per heavy atom. The summed E-state index contributed by atoms with van der Waals surface area (Å²) in [5.41, 5.74) is 63.0. The van der Waals surface area contributed by atoms with Crippen LogP contribution in [0.15, 0.2) is 0 Å². The Kier molecular flexibility index (Phi) is 86.6. The molecule has 0 aliphatic rings. The Morgan fingerprint density at radius 3 is 0.767 bits per heavy atom. The van der Waals surface area contributed by atoms with Crippen molar-refractivity contribution in [2.75, 3.05) is 45.8 Å². The monoisotopic (exact) mass is 633 g/mol. The van der Waals surface area contributed by atoms with Gasteiger partial charge in [-0.3, -0.25) is 0 Å². The fourth-order valence-electron chi connectivity index (χ4n) is 2.24. The van der Waals surface area contributed by atoms with Crippen LogP contribution >= 0.6 is 0 Å². The van der Waals surface area contributed by atoms with E-state index in [2.05, 4.69) is 13.8 Å². The summed E-state index contributed by atoms with van der Waals surface area (Å²) >= 11 is 0. The molecule has 0 aliphatic carbocycles. The highest BCUT2D eigenvalue weighted by atomic mass is 14.7. The van der Waals surface area contributed by atoms with Gasteiger partial charge in [0.1, 0.15) is 0 Å². The quantitative estimate of drug-likeness (QED) is 0.0907. The lowest BCUT2D eigenvalue weighted by Crippen LogP contribution is -2.29. The van der Waals surface area contributed by atoms with E-state index in [0.717, 1.165) is 25.7 Å². The van der Waals surface area contributed by atoms with Crippen LogP contribution in [0.25, 0.3) is 0 Å². The minimum absolute atomic E-state index is 0. The van der Waals surface area contributed by atoms with E-state index in [0.29, 0.717) is 45.8 Å². The molecule has 0 bridgehead atoms. The van der Waals surface area contributed by atoms with Crippen LogP contribution in [-0.2, 0) is 0 Å². The molecule has 0 saturated heterocycles. The summed E-state index contributed by atoms with van der Waals surface area (Å²) in [6.45, 7) is 14.6. The molecule has 0 rings (SSSR count). The lowest BCUT2D eigenvalue weighted by atomic mass is 10.1. The Balaban J connectivity index is -0.0000000582. The maximum atomic E-state index is 5.63. The first-order valence-corrected chi connectivity index (χ1v) is 16.1. The van der Waals surface area contributed by atoms with E-state index in [9.17, 15) is 0 Å². The van der Waals surface area contributed by atoms with Crippen molar-refractivity contribution in [1.29, 1.82) is 0 Å². The molecule has 0 spiro atoms. The first-order chi connectivity index (χ1) is 19.4. The van der Waals surface area contributed by atoms with E-state index >= 15 is 0 Å². The second-order valence-electron chi connectivity index (χ2n) is 10.3. The van der Waals surface area contributed by atoms with Gasteiger partial charge >= 0.3 is 0 Å². The van der Waals surface area contributed by atoms with Crippen molar-refractivity contribution < 1.29 is 0 Å². The highest BCUT2D eigenvalue weighted by Crippen LogP contribution is 2.03. The molecule has 0 fully saturated rings. The molecular weight excluding hydrogens is 544 g/mol. The molecule has 0 aromatic carbocycles. The van der Waals surface area contributed by atoms with Crippen LogP contribution in [0.2, 0.25) is 0 Å². The molecule has 43 heavy (non-hydrogen) atoms. The maximum absolute atomic E-state index is 5.63. The molecule has 5 atom stereocenters. The summed E-state index contributed by atoms with van der Waals surface area (Å²) in [5, 5.41) is 0. The van der Waals surface area contributed by atoms with E-state index < -0.39 is 0 Å². The van der Waals surface area contributed by atoms with Crippen LogP contribution < -0.4 is 81.1 Å². The number of rotatable bonds is 18. The van der Waals surface area contributed by atoms with Crippen molar-refractivity contribution in [3.8, 4) is 0 Å². The lowest BCUT2D eigenvalue weighted by Gasteiger charge is -2.06. The number of hydrogen-bond acceptors (Lipinski definition) is 14. The summed E-state index contributed by atoms with van der Waals surface area (Å²) in [5.74, 6) is 0. The van der Waals surface area contributed by atoms with Gasteiger partial charge in [-0.2, -0.15) is 0 Å². The molecule has 274 valence electrons. The molecule has 0 saturated carbocycles. The zero-order valence-electron chi connectivity index (χ0n) is 29.7. The molecule has 0 aliphatic heterocycles. The molecule has 0 radical (unpaired) electrons. The van der Waals surface area contributed by atoms with Crippen LogP contribution in [-0.4, -0.2) is 76.0 Å². The Bertz CT molecular complexity index is 345. The zero-order chi connectivity index (χ0) is 33.3. The standard InChI is InChI=1S/2C8H20N2.2C4H12N2.C3H10N2.C2H8N2.2H3N/c2*1-2-3-4-5-6-8(10)7-9;2*1-2-4(6)3-5;1-3(5)2-4;3-1-2-4;;/h2*8H,2-7,9-10H2,1H3;2*4H,2-3,5-6H2,1H3;3H,2,4-5H2,1H3;1-4H2;2*1H3. The fourth-order valence-corrected chi connectivity index (χ4v) is 2.24. The number of unbranched alkanes of at least 4 members (excludes halogenated alkanes) is 6. The van der Waals surface area contributed by atoms with E-state index in [1.54, 1.807) is 0 Å². The van der Waals surface area contributed by atoms with Gasteiger partial charge in [-0.15, -0.1) is 0 Å². The molecular formula is C29H88N14.